The quantitative estimate of drug-likeness (QED) is 0.217. The van der Waals surface area contributed by atoms with Gasteiger partial charge in [0.25, 0.3) is 5.91 Å². The molecule has 2 aliphatic rings. The predicted octanol–water partition coefficient (Wildman–Crippen LogP) is 6.10. The lowest BCUT2D eigenvalue weighted by molar-refractivity contribution is -0.143. The number of allylic oxidation sites excluding steroid dienone is 6. The van der Waals surface area contributed by atoms with E-state index in [2.05, 4.69) is 10.3 Å². The number of nitrogens with two attached hydrogens (primary N) is 1. The third-order valence-electron chi connectivity index (χ3n) is 5.36. The Morgan fingerprint density at radius 2 is 1.69 bits per heavy atom. The van der Waals surface area contributed by atoms with Gasteiger partial charge in [-0.3, -0.25) is 20.3 Å². The smallest absolute Gasteiger partial charge is 0.420 e. The maximum absolute atomic E-state index is 12.7. The highest BCUT2D eigenvalue weighted by atomic mass is 19.4. The van der Waals surface area contributed by atoms with Crippen LogP contribution in [0.1, 0.15) is 52.0 Å². The number of rotatable bonds is 9. The van der Waals surface area contributed by atoms with Crippen LogP contribution in [-0.4, -0.2) is 43.0 Å². The van der Waals surface area contributed by atoms with Crippen LogP contribution in [0.5, 0.6) is 0 Å². The predicted molar refractivity (Wildman–Crippen MR) is 137 cm³/mol. The highest BCUT2D eigenvalue weighted by molar-refractivity contribution is 5.98. The van der Waals surface area contributed by atoms with Gasteiger partial charge in [-0.05, 0) is 24.5 Å². The second kappa shape index (κ2) is 15.2. The molecule has 0 radical (unpaired) electrons. The van der Waals surface area contributed by atoms with Crippen molar-refractivity contribution >= 4 is 18.4 Å². The molecule has 1 aromatic rings. The Balaban J connectivity index is 0.000000528. The molecule has 216 valence electrons. The van der Waals surface area contributed by atoms with E-state index in [1.54, 1.807) is 0 Å². The number of aliphatic imine (C=N–C) groups is 1. The summed E-state index contributed by atoms with van der Waals surface area (Å²) < 4.78 is 78.7. The van der Waals surface area contributed by atoms with Gasteiger partial charge in [0.15, 0.2) is 6.29 Å². The van der Waals surface area contributed by atoms with E-state index >= 15 is 0 Å². The van der Waals surface area contributed by atoms with E-state index in [4.69, 9.17) is 10.5 Å². The Kier molecular flexibility index (Phi) is 13.1. The zero-order chi connectivity index (χ0) is 29.7. The summed E-state index contributed by atoms with van der Waals surface area (Å²) in [6.07, 6.45) is -4.45. The van der Waals surface area contributed by atoms with Gasteiger partial charge in [0.05, 0.1) is 5.76 Å². The number of ether oxygens (including phenoxy) is 1. The molecular formula is C27H33F6N3O3. The lowest BCUT2D eigenvalue weighted by Crippen LogP contribution is -2.56. The molecule has 1 heterocycles. The van der Waals surface area contributed by atoms with Crippen molar-refractivity contribution < 1.29 is 40.7 Å². The van der Waals surface area contributed by atoms with Gasteiger partial charge in [0.1, 0.15) is 11.3 Å². The minimum Gasteiger partial charge on any atom is -0.468 e. The van der Waals surface area contributed by atoms with Crippen molar-refractivity contribution in [3.05, 3.63) is 70.6 Å². The molecule has 1 unspecified atom stereocenters. The molecule has 3 N–H and O–H groups in total. The number of alkyl halides is 6. The molecule has 1 aliphatic heterocycles. The number of nitrogens with zero attached hydrogens (tertiary/aromatic N) is 1. The van der Waals surface area contributed by atoms with Gasteiger partial charge in [-0.25, -0.2) is 0 Å². The van der Waals surface area contributed by atoms with E-state index in [9.17, 15) is 35.9 Å². The summed E-state index contributed by atoms with van der Waals surface area (Å²) in [6.45, 7) is 6.26. The van der Waals surface area contributed by atoms with Crippen molar-refractivity contribution in [3.63, 3.8) is 0 Å². The lowest BCUT2D eigenvalue weighted by Gasteiger charge is -2.31. The Labute approximate surface area is 223 Å². The first-order chi connectivity index (χ1) is 18.3. The molecule has 0 saturated heterocycles. The second-order valence-electron chi connectivity index (χ2n) is 8.23. The fourth-order valence-electron chi connectivity index (χ4n) is 3.39. The van der Waals surface area contributed by atoms with Crippen molar-refractivity contribution in [1.29, 1.82) is 0 Å². The van der Waals surface area contributed by atoms with Crippen LogP contribution in [0.4, 0.5) is 26.3 Å². The van der Waals surface area contributed by atoms with E-state index in [1.807, 2.05) is 51.1 Å². The fraction of sp³-hybridized carbons (Fsp3) is 0.444. The van der Waals surface area contributed by atoms with Crippen LogP contribution in [0.2, 0.25) is 0 Å². The van der Waals surface area contributed by atoms with Crippen LogP contribution in [-0.2, 0) is 20.7 Å². The Hall–Kier alpha value is -3.41. The molecule has 0 saturated carbocycles. The van der Waals surface area contributed by atoms with Crippen LogP contribution in [0.25, 0.3) is 0 Å². The molecule has 1 aliphatic carbocycles. The van der Waals surface area contributed by atoms with Crippen LogP contribution < -0.4 is 11.1 Å². The van der Waals surface area contributed by atoms with Gasteiger partial charge >= 0.3 is 12.4 Å². The number of carbonyl (C=O) groups excluding carboxylic acids is 2. The first-order valence-corrected chi connectivity index (χ1v) is 12.4. The van der Waals surface area contributed by atoms with Gasteiger partial charge in [-0.15, -0.1) is 0 Å². The molecule has 0 spiro atoms. The zero-order valence-corrected chi connectivity index (χ0v) is 22.0. The van der Waals surface area contributed by atoms with Crippen molar-refractivity contribution in [3.8, 4) is 0 Å². The maximum atomic E-state index is 12.7. The summed E-state index contributed by atoms with van der Waals surface area (Å²) in [5.74, 6) is -0.177. The largest absolute Gasteiger partial charge is 0.468 e. The molecular weight excluding hydrogens is 528 g/mol. The normalized spacial score (nSPS) is 16.2. The van der Waals surface area contributed by atoms with Crippen molar-refractivity contribution in [1.82, 2.24) is 5.32 Å². The number of nitrogens with one attached hydrogen (secondary N) is 1. The van der Waals surface area contributed by atoms with Gasteiger partial charge in [0, 0.05) is 31.2 Å². The molecule has 12 heteroatoms. The maximum Gasteiger partial charge on any atom is 0.420 e. The average Bonchev–Trinajstić information content (AvgIpc) is 2.85. The topological polar surface area (TPSA) is 93.8 Å². The lowest BCUT2D eigenvalue weighted by atomic mass is 10.0. The van der Waals surface area contributed by atoms with Crippen molar-refractivity contribution in [2.24, 2.45) is 10.7 Å². The fourth-order valence-corrected chi connectivity index (χ4v) is 3.39. The van der Waals surface area contributed by atoms with Crippen molar-refractivity contribution in [2.75, 3.05) is 6.54 Å². The Morgan fingerprint density at radius 3 is 2.10 bits per heavy atom. The molecule has 1 aromatic carbocycles. The van der Waals surface area contributed by atoms with Crippen LogP contribution in [0, 0.1) is 0 Å². The number of aldehydes is 1. The van der Waals surface area contributed by atoms with Crippen LogP contribution in [0.15, 0.2) is 70.1 Å². The Bertz CT molecular complexity index is 1070. The molecule has 0 aromatic heterocycles. The summed E-state index contributed by atoms with van der Waals surface area (Å²) in [5.41, 5.74) is 3.57. The molecule has 3 rings (SSSR count). The Morgan fingerprint density at radius 1 is 1.05 bits per heavy atom. The number of hydrogen-bond donors (Lipinski definition) is 2. The van der Waals surface area contributed by atoms with E-state index in [0.29, 0.717) is 25.6 Å². The van der Waals surface area contributed by atoms with E-state index in [1.165, 1.54) is 6.08 Å². The standard InChI is InChI=1S/C20H25F3N2O2.C5H2F3NO.C2H6/c1-2-13-19(24,18(26)25-14-12-15-6-4-3-5-7-15)27-17-10-8-16(9-11-17)20(21,22)23;6-5(7,8)3-1-9-4(3)2-10;1-2/h3-8,10H,2,9,11-14,24H2,1H3,(H,25,26);1-2H;1-2H3. The monoisotopic (exact) mass is 561 g/mol. The first kappa shape index (κ1) is 33.6. The van der Waals surface area contributed by atoms with Gasteiger partial charge < -0.3 is 10.1 Å². The number of carbonyl (C=O) groups is 2. The number of amides is 1. The van der Waals surface area contributed by atoms with Crippen LogP contribution >= 0.6 is 0 Å². The van der Waals surface area contributed by atoms with Crippen LogP contribution in [0.3, 0.4) is 0 Å². The summed E-state index contributed by atoms with van der Waals surface area (Å²) >= 11 is 0. The summed E-state index contributed by atoms with van der Waals surface area (Å²) in [4.78, 5) is 25.4. The van der Waals surface area contributed by atoms with E-state index in [-0.39, 0.29) is 31.3 Å². The van der Waals surface area contributed by atoms with Gasteiger partial charge in [-0.1, -0.05) is 63.6 Å². The molecule has 1 amide bonds. The molecule has 1 atom stereocenters. The zero-order valence-electron chi connectivity index (χ0n) is 22.0. The minimum absolute atomic E-state index is 0.0608. The first-order valence-electron chi connectivity index (χ1n) is 12.4. The van der Waals surface area contributed by atoms with Gasteiger partial charge in [0.2, 0.25) is 5.72 Å². The third kappa shape index (κ3) is 10.7. The number of hydrogen-bond acceptors (Lipinski definition) is 5. The highest BCUT2D eigenvalue weighted by Crippen LogP contribution is 2.34. The summed E-state index contributed by atoms with van der Waals surface area (Å²) in [7, 11) is 0. The average molecular weight is 562 g/mol. The molecule has 6 nitrogen and oxygen atoms in total. The minimum atomic E-state index is -4.43. The van der Waals surface area contributed by atoms with Gasteiger partial charge in [-0.2, -0.15) is 26.3 Å². The summed E-state index contributed by atoms with van der Waals surface area (Å²) in [5, 5.41) is 2.77. The molecule has 39 heavy (non-hydrogen) atoms. The van der Waals surface area contributed by atoms with E-state index in [0.717, 1.165) is 11.6 Å². The SMILES string of the molecule is CC.CCCC(N)(OC1=CC=C(C(F)(F)F)CC1)C(=O)NCCc1ccccc1.O=CC1=C(C(F)(F)F)C=N1. The third-order valence-corrected chi connectivity index (χ3v) is 5.36. The highest BCUT2D eigenvalue weighted by Gasteiger charge is 2.39. The van der Waals surface area contributed by atoms with E-state index < -0.39 is 40.8 Å². The van der Waals surface area contributed by atoms with Crippen molar-refractivity contribution in [2.45, 2.75) is 71.0 Å². The molecule has 0 fully saturated rings. The number of benzene rings is 1. The second-order valence-corrected chi connectivity index (χ2v) is 8.23. The summed E-state index contributed by atoms with van der Waals surface area (Å²) in [6, 6.07) is 9.67. The molecule has 0 bridgehead atoms. The number of halogens is 6.